The molecule has 6 heteroatoms. The summed E-state index contributed by atoms with van der Waals surface area (Å²) in [6, 6.07) is 5.76. The molecular formula is C16H18ClNO4. The first-order valence-corrected chi connectivity index (χ1v) is 7.50. The van der Waals surface area contributed by atoms with Gasteiger partial charge in [0.2, 0.25) is 0 Å². The Balaban J connectivity index is 2.26. The molecule has 2 N–H and O–H groups in total. The van der Waals surface area contributed by atoms with Crippen molar-refractivity contribution in [3.63, 3.8) is 0 Å². The van der Waals surface area contributed by atoms with Crippen LogP contribution in [0.5, 0.6) is 0 Å². The van der Waals surface area contributed by atoms with Gasteiger partial charge >= 0.3 is 0 Å². The third-order valence-electron chi connectivity index (χ3n) is 3.81. The average molecular weight is 324 g/mol. The van der Waals surface area contributed by atoms with Crippen LogP contribution in [0.15, 0.2) is 33.5 Å². The number of rotatable bonds is 5. The summed E-state index contributed by atoms with van der Waals surface area (Å²) < 4.78 is 5.44. The molecule has 0 aliphatic heterocycles. The zero-order valence-electron chi connectivity index (χ0n) is 12.5. The SMILES string of the molecule is CCC(O)(CC)CNC(=O)c1cc(=O)c2cc(Cl)ccc2o1. The highest BCUT2D eigenvalue weighted by atomic mass is 35.5. The molecule has 0 aliphatic carbocycles. The monoisotopic (exact) mass is 323 g/mol. The van der Waals surface area contributed by atoms with Crippen LogP contribution in [0.1, 0.15) is 37.2 Å². The Morgan fingerprint density at radius 3 is 2.64 bits per heavy atom. The highest BCUT2D eigenvalue weighted by molar-refractivity contribution is 6.31. The fraction of sp³-hybridized carbons (Fsp3) is 0.375. The zero-order chi connectivity index (χ0) is 16.3. The van der Waals surface area contributed by atoms with E-state index in [1.54, 1.807) is 12.1 Å². The van der Waals surface area contributed by atoms with E-state index in [-0.39, 0.29) is 17.7 Å². The third-order valence-corrected chi connectivity index (χ3v) is 4.04. The number of carbonyl (C=O) groups is 1. The summed E-state index contributed by atoms with van der Waals surface area (Å²) in [5, 5.41) is 13.5. The second-order valence-corrected chi connectivity index (χ2v) is 5.67. The van der Waals surface area contributed by atoms with Crippen LogP contribution in [0.25, 0.3) is 11.0 Å². The van der Waals surface area contributed by atoms with Crippen LogP contribution in [-0.4, -0.2) is 23.2 Å². The van der Waals surface area contributed by atoms with Gasteiger partial charge in [-0.25, -0.2) is 0 Å². The van der Waals surface area contributed by atoms with E-state index in [0.717, 1.165) is 6.07 Å². The Bertz CT molecular complexity index is 749. The summed E-state index contributed by atoms with van der Waals surface area (Å²) in [5.41, 5.74) is -1.00. The number of nitrogens with one attached hydrogen (secondary N) is 1. The first-order chi connectivity index (χ1) is 10.4. The predicted molar refractivity (Wildman–Crippen MR) is 85.4 cm³/mol. The van der Waals surface area contributed by atoms with Gasteiger partial charge in [-0.2, -0.15) is 0 Å². The molecule has 0 unspecified atom stereocenters. The molecule has 0 radical (unpaired) electrons. The van der Waals surface area contributed by atoms with Crippen LogP contribution in [0.4, 0.5) is 0 Å². The summed E-state index contributed by atoms with van der Waals surface area (Å²) in [6.45, 7) is 3.78. The minimum atomic E-state index is -0.958. The molecule has 2 rings (SSSR count). The van der Waals surface area contributed by atoms with Crippen LogP contribution >= 0.6 is 11.6 Å². The van der Waals surface area contributed by atoms with E-state index in [4.69, 9.17) is 16.0 Å². The maximum absolute atomic E-state index is 12.1. The summed E-state index contributed by atoms with van der Waals surface area (Å²) >= 11 is 5.84. The topological polar surface area (TPSA) is 79.5 Å². The van der Waals surface area contributed by atoms with Crippen LogP contribution in [0, 0.1) is 0 Å². The van der Waals surface area contributed by atoms with E-state index in [0.29, 0.717) is 28.8 Å². The van der Waals surface area contributed by atoms with Gasteiger partial charge in [-0.1, -0.05) is 25.4 Å². The highest BCUT2D eigenvalue weighted by Crippen LogP contribution is 2.18. The maximum atomic E-state index is 12.1. The van der Waals surface area contributed by atoms with Crippen molar-refractivity contribution in [1.29, 1.82) is 0 Å². The Hall–Kier alpha value is -1.85. The molecule has 2 aromatic rings. The third kappa shape index (κ3) is 3.48. The van der Waals surface area contributed by atoms with Gasteiger partial charge in [0.25, 0.3) is 5.91 Å². The molecule has 118 valence electrons. The minimum absolute atomic E-state index is 0.0885. The minimum Gasteiger partial charge on any atom is -0.451 e. The number of carbonyl (C=O) groups excluding carboxylic acids is 1. The second kappa shape index (κ2) is 6.50. The van der Waals surface area contributed by atoms with Crippen LogP contribution in [-0.2, 0) is 0 Å². The lowest BCUT2D eigenvalue weighted by Gasteiger charge is -2.25. The quantitative estimate of drug-likeness (QED) is 0.886. The molecule has 1 amide bonds. The van der Waals surface area contributed by atoms with Crippen molar-refractivity contribution >= 4 is 28.5 Å². The normalized spacial score (nSPS) is 11.6. The fourth-order valence-corrected chi connectivity index (χ4v) is 2.24. The Morgan fingerprint density at radius 1 is 1.32 bits per heavy atom. The molecule has 0 bridgehead atoms. The number of halogens is 1. The number of amides is 1. The van der Waals surface area contributed by atoms with E-state index in [1.807, 2.05) is 13.8 Å². The Labute approximate surface area is 132 Å². The molecule has 5 nitrogen and oxygen atoms in total. The first kappa shape index (κ1) is 16.5. The number of hydrogen-bond acceptors (Lipinski definition) is 4. The van der Waals surface area contributed by atoms with E-state index < -0.39 is 11.5 Å². The fourth-order valence-electron chi connectivity index (χ4n) is 2.07. The smallest absolute Gasteiger partial charge is 0.287 e. The number of hydrogen-bond donors (Lipinski definition) is 2. The molecular weight excluding hydrogens is 306 g/mol. The van der Waals surface area contributed by atoms with Crippen molar-refractivity contribution in [2.45, 2.75) is 32.3 Å². The van der Waals surface area contributed by atoms with Gasteiger partial charge < -0.3 is 14.8 Å². The van der Waals surface area contributed by atoms with Crippen molar-refractivity contribution in [3.8, 4) is 0 Å². The predicted octanol–water partition coefficient (Wildman–Crippen LogP) is 2.73. The van der Waals surface area contributed by atoms with Crippen LogP contribution < -0.4 is 10.7 Å². The van der Waals surface area contributed by atoms with Crippen molar-refractivity contribution in [2.75, 3.05) is 6.54 Å². The molecule has 0 aliphatic rings. The molecule has 0 atom stereocenters. The van der Waals surface area contributed by atoms with Gasteiger partial charge in [-0.3, -0.25) is 9.59 Å². The first-order valence-electron chi connectivity index (χ1n) is 7.12. The molecule has 0 fully saturated rings. The zero-order valence-corrected chi connectivity index (χ0v) is 13.2. The van der Waals surface area contributed by atoms with Gasteiger partial charge in [-0.15, -0.1) is 0 Å². The lowest BCUT2D eigenvalue weighted by Crippen LogP contribution is -2.42. The number of benzene rings is 1. The van der Waals surface area contributed by atoms with E-state index in [2.05, 4.69) is 5.32 Å². The molecule has 0 spiro atoms. The van der Waals surface area contributed by atoms with Gasteiger partial charge in [0.05, 0.1) is 11.0 Å². The number of fused-ring (bicyclic) bond motifs is 1. The van der Waals surface area contributed by atoms with Crippen molar-refractivity contribution in [2.24, 2.45) is 0 Å². The van der Waals surface area contributed by atoms with Crippen molar-refractivity contribution in [1.82, 2.24) is 5.32 Å². The van der Waals surface area contributed by atoms with Gasteiger partial charge in [0.1, 0.15) is 5.58 Å². The van der Waals surface area contributed by atoms with Gasteiger partial charge in [0, 0.05) is 17.6 Å². The lowest BCUT2D eigenvalue weighted by atomic mass is 9.97. The van der Waals surface area contributed by atoms with Crippen molar-refractivity contribution in [3.05, 3.63) is 45.3 Å². The summed E-state index contributed by atoms with van der Waals surface area (Å²) in [5.74, 6) is -0.622. The van der Waals surface area contributed by atoms with Crippen LogP contribution in [0.2, 0.25) is 5.02 Å². The summed E-state index contributed by atoms with van der Waals surface area (Å²) in [4.78, 5) is 24.1. The lowest BCUT2D eigenvalue weighted by molar-refractivity contribution is 0.0310. The molecule has 1 heterocycles. The van der Waals surface area contributed by atoms with Crippen LogP contribution in [0.3, 0.4) is 0 Å². The number of aliphatic hydroxyl groups is 1. The van der Waals surface area contributed by atoms with Crippen molar-refractivity contribution < 1.29 is 14.3 Å². The Kier molecular flexibility index (Phi) is 4.88. The van der Waals surface area contributed by atoms with Gasteiger partial charge in [-0.05, 0) is 31.0 Å². The van der Waals surface area contributed by atoms with Gasteiger partial charge in [0.15, 0.2) is 11.2 Å². The van der Waals surface area contributed by atoms with E-state index >= 15 is 0 Å². The average Bonchev–Trinajstić information content (AvgIpc) is 2.52. The largest absolute Gasteiger partial charge is 0.451 e. The highest BCUT2D eigenvalue weighted by Gasteiger charge is 2.23. The van der Waals surface area contributed by atoms with E-state index in [9.17, 15) is 14.7 Å². The summed E-state index contributed by atoms with van der Waals surface area (Å²) in [7, 11) is 0. The Morgan fingerprint density at radius 2 is 2.00 bits per heavy atom. The molecule has 22 heavy (non-hydrogen) atoms. The molecule has 1 aromatic carbocycles. The maximum Gasteiger partial charge on any atom is 0.287 e. The second-order valence-electron chi connectivity index (χ2n) is 5.23. The molecule has 0 saturated heterocycles. The van der Waals surface area contributed by atoms with E-state index in [1.165, 1.54) is 6.07 Å². The molecule has 0 saturated carbocycles. The summed E-state index contributed by atoms with van der Waals surface area (Å²) in [6.07, 6.45) is 1.04. The standard InChI is InChI=1S/C16H18ClNO4/c1-3-16(21,4-2)9-18-15(20)14-8-12(19)11-7-10(17)5-6-13(11)22-14/h5-8,21H,3-4,9H2,1-2H3,(H,18,20). The molecule has 1 aromatic heterocycles.